The Bertz CT molecular complexity index is 1010. The molecule has 10 heteroatoms. The van der Waals surface area contributed by atoms with Crippen LogP contribution in [0.1, 0.15) is 18.5 Å². The third kappa shape index (κ3) is 5.01. The molecular formula is C19H20Cl2FN3O3S. The number of nitrogens with zero attached hydrogens (tertiary/aromatic N) is 2. The Morgan fingerprint density at radius 2 is 1.76 bits per heavy atom. The summed E-state index contributed by atoms with van der Waals surface area (Å²) in [5.41, 5.74) is 0.806. The van der Waals surface area contributed by atoms with Crippen LogP contribution in [0.5, 0.6) is 0 Å². The van der Waals surface area contributed by atoms with Crippen molar-refractivity contribution in [1.82, 2.24) is 14.5 Å². The summed E-state index contributed by atoms with van der Waals surface area (Å²) >= 11 is 11.9. The van der Waals surface area contributed by atoms with Crippen molar-refractivity contribution in [2.45, 2.75) is 17.9 Å². The zero-order valence-corrected chi connectivity index (χ0v) is 17.9. The van der Waals surface area contributed by atoms with E-state index in [1.165, 1.54) is 22.5 Å². The van der Waals surface area contributed by atoms with Crippen molar-refractivity contribution in [3.05, 3.63) is 63.9 Å². The molecule has 1 aliphatic heterocycles. The highest BCUT2D eigenvalue weighted by Crippen LogP contribution is 2.26. The van der Waals surface area contributed by atoms with Gasteiger partial charge < -0.3 is 10.2 Å². The molecule has 1 unspecified atom stereocenters. The molecule has 0 bridgehead atoms. The highest BCUT2D eigenvalue weighted by Gasteiger charge is 2.30. The van der Waals surface area contributed by atoms with Crippen LogP contribution >= 0.6 is 23.2 Å². The monoisotopic (exact) mass is 459 g/mol. The fourth-order valence-electron chi connectivity index (χ4n) is 3.05. The quantitative estimate of drug-likeness (QED) is 0.753. The first-order valence-electron chi connectivity index (χ1n) is 8.94. The molecule has 6 nitrogen and oxygen atoms in total. The van der Waals surface area contributed by atoms with Crippen molar-refractivity contribution < 1.29 is 17.6 Å². The van der Waals surface area contributed by atoms with Gasteiger partial charge in [-0.15, -0.1) is 0 Å². The van der Waals surface area contributed by atoms with Gasteiger partial charge in [-0.25, -0.2) is 17.6 Å². The van der Waals surface area contributed by atoms with E-state index in [1.807, 2.05) is 6.92 Å². The molecule has 1 aliphatic rings. The molecule has 2 amide bonds. The third-order valence-corrected chi connectivity index (χ3v) is 7.38. The number of hydrogen-bond acceptors (Lipinski definition) is 3. The van der Waals surface area contributed by atoms with Crippen molar-refractivity contribution in [3.8, 4) is 0 Å². The van der Waals surface area contributed by atoms with Gasteiger partial charge in [0.25, 0.3) is 0 Å². The number of halogens is 3. The Morgan fingerprint density at radius 3 is 2.38 bits per heavy atom. The summed E-state index contributed by atoms with van der Waals surface area (Å²) < 4.78 is 39.9. The summed E-state index contributed by atoms with van der Waals surface area (Å²) in [6.07, 6.45) is 0. The molecule has 1 saturated heterocycles. The van der Waals surface area contributed by atoms with Crippen molar-refractivity contribution in [1.29, 1.82) is 0 Å². The van der Waals surface area contributed by atoms with E-state index in [2.05, 4.69) is 5.32 Å². The third-order valence-electron chi connectivity index (χ3n) is 4.74. The number of carbonyl (C=O) groups excluding carboxylic acids is 1. The highest BCUT2D eigenvalue weighted by molar-refractivity contribution is 7.89. The molecule has 0 aliphatic carbocycles. The Hall–Kier alpha value is -1.87. The van der Waals surface area contributed by atoms with Crippen molar-refractivity contribution in [3.63, 3.8) is 0 Å². The van der Waals surface area contributed by atoms with E-state index < -0.39 is 15.8 Å². The molecule has 2 aromatic carbocycles. The molecule has 156 valence electrons. The number of nitrogens with one attached hydrogen (secondary N) is 1. The van der Waals surface area contributed by atoms with Crippen LogP contribution in [-0.2, 0) is 10.0 Å². The maximum atomic E-state index is 13.4. The van der Waals surface area contributed by atoms with E-state index in [0.717, 1.165) is 11.6 Å². The number of carbonyl (C=O) groups is 1. The smallest absolute Gasteiger partial charge is 0.317 e. The lowest BCUT2D eigenvalue weighted by Crippen LogP contribution is -2.53. The Kier molecular flexibility index (Phi) is 6.68. The Balaban J connectivity index is 1.60. The van der Waals surface area contributed by atoms with Crippen LogP contribution in [0.25, 0.3) is 0 Å². The maximum Gasteiger partial charge on any atom is 0.317 e. The van der Waals surface area contributed by atoms with E-state index in [1.54, 1.807) is 23.1 Å². The van der Waals surface area contributed by atoms with Crippen LogP contribution in [0.2, 0.25) is 10.0 Å². The molecule has 1 fully saturated rings. The van der Waals surface area contributed by atoms with Gasteiger partial charge in [-0.2, -0.15) is 4.31 Å². The summed E-state index contributed by atoms with van der Waals surface area (Å²) in [4.78, 5) is 14.0. The fraction of sp³-hybridized carbons (Fsp3) is 0.316. The van der Waals surface area contributed by atoms with Gasteiger partial charge in [0.1, 0.15) is 5.82 Å². The van der Waals surface area contributed by atoms with E-state index in [4.69, 9.17) is 23.2 Å². The van der Waals surface area contributed by atoms with Crippen LogP contribution in [0.4, 0.5) is 9.18 Å². The topological polar surface area (TPSA) is 69.7 Å². The summed E-state index contributed by atoms with van der Waals surface area (Å²) in [5, 5.41) is 3.71. The number of sulfonamides is 1. The number of rotatable bonds is 4. The van der Waals surface area contributed by atoms with Gasteiger partial charge in [0, 0.05) is 26.2 Å². The average Bonchev–Trinajstić information content (AvgIpc) is 2.70. The molecule has 0 aromatic heterocycles. The minimum atomic E-state index is -3.80. The lowest BCUT2D eigenvalue weighted by atomic mass is 10.1. The van der Waals surface area contributed by atoms with Gasteiger partial charge in [-0.1, -0.05) is 35.3 Å². The molecule has 1 N–H and O–H groups in total. The summed E-state index contributed by atoms with van der Waals surface area (Å²) in [7, 11) is -3.80. The number of hydrogen-bond donors (Lipinski definition) is 1. The second-order valence-electron chi connectivity index (χ2n) is 6.69. The average molecular weight is 460 g/mol. The molecule has 3 rings (SSSR count). The standard InChI is InChI=1S/C19H20Cl2FN3O3S/c1-13(14-5-6-17(20)18(21)11-14)23-19(26)24-7-9-25(10-8-24)29(27,28)16-4-2-3-15(22)12-16/h2-6,11-13H,7-10H2,1H3,(H,23,26). The van der Waals surface area contributed by atoms with Gasteiger partial charge in [0.05, 0.1) is 21.0 Å². The minimum absolute atomic E-state index is 0.0939. The number of piperazine rings is 1. The Morgan fingerprint density at radius 1 is 1.07 bits per heavy atom. The molecular weight excluding hydrogens is 440 g/mol. The van der Waals surface area contributed by atoms with Crippen molar-refractivity contribution in [2.24, 2.45) is 0 Å². The van der Waals surface area contributed by atoms with Gasteiger partial charge in [0.2, 0.25) is 10.0 Å². The SMILES string of the molecule is CC(NC(=O)N1CCN(S(=O)(=O)c2cccc(F)c2)CC1)c1ccc(Cl)c(Cl)c1. The normalized spacial score (nSPS) is 16.5. The van der Waals surface area contributed by atoms with E-state index in [0.29, 0.717) is 10.0 Å². The first-order chi connectivity index (χ1) is 13.7. The van der Waals surface area contributed by atoms with E-state index >= 15 is 0 Å². The van der Waals surface area contributed by atoms with Gasteiger partial charge in [-0.05, 0) is 42.8 Å². The molecule has 1 atom stereocenters. The first-order valence-corrected chi connectivity index (χ1v) is 11.1. The predicted molar refractivity (Wildman–Crippen MR) is 110 cm³/mol. The van der Waals surface area contributed by atoms with Crippen molar-refractivity contribution >= 4 is 39.3 Å². The predicted octanol–water partition coefficient (Wildman–Crippen LogP) is 3.91. The lowest BCUT2D eigenvalue weighted by Gasteiger charge is -2.34. The Labute approximate surface area is 179 Å². The van der Waals surface area contributed by atoms with Crippen LogP contribution in [0.3, 0.4) is 0 Å². The zero-order chi connectivity index (χ0) is 21.2. The number of amides is 2. The first kappa shape index (κ1) is 21.8. The molecule has 0 radical (unpaired) electrons. The van der Waals surface area contributed by atoms with E-state index in [-0.39, 0.29) is 43.1 Å². The summed E-state index contributed by atoms with van der Waals surface area (Å²) in [6.45, 7) is 2.55. The summed E-state index contributed by atoms with van der Waals surface area (Å²) in [5.74, 6) is -0.611. The molecule has 1 heterocycles. The van der Waals surface area contributed by atoms with E-state index in [9.17, 15) is 17.6 Å². The largest absolute Gasteiger partial charge is 0.331 e. The van der Waals surface area contributed by atoms with Crippen molar-refractivity contribution in [2.75, 3.05) is 26.2 Å². The molecule has 0 spiro atoms. The number of urea groups is 1. The zero-order valence-electron chi connectivity index (χ0n) is 15.6. The second-order valence-corrected chi connectivity index (χ2v) is 9.45. The molecule has 29 heavy (non-hydrogen) atoms. The molecule has 2 aromatic rings. The summed E-state index contributed by atoms with van der Waals surface area (Å²) in [6, 6.07) is 9.44. The molecule has 0 saturated carbocycles. The fourth-order valence-corrected chi connectivity index (χ4v) is 4.81. The minimum Gasteiger partial charge on any atom is -0.331 e. The lowest BCUT2D eigenvalue weighted by molar-refractivity contribution is 0.169. The highest BCUT2D eigenvalue weighted by atomic mass is 35.5. The maximum absolute atomic E-state index is 13.4. The van der Waals surface area contributed by atoms with Crippen LogP contribution in [0.15, 0.2) is 47.4 Å². The van der Waals surface area contributed by atoms with Crippen LogP contribution < -0.4 is 5.32 Å². The van der Waals surface area contributed by atoms with Gasteiger partial charge in [0.15, 0.2) is 0 Å². The van der Waals surface area contributed by atoms with Gasteiger partial charge >= 0.3 is 6.03 Å². The number of benzene rings is 2. The van der Waals surface area contributed by atoms with Crippen LogP contribution in [0, 0.1) is 5.82 Å². The van der Waals surface area contributed by atoms with Gasteiger partial charge in [-0.3, -0.25) is 0 Å². The van der Waals surface area contributed by atoms with Crippen LogP contribution in [-0.4, -0.2) is 49.8 Å². The second kappa shape index (κ2) is 8.87.